The summed E-state index contributed by atoms with van der Waals surface area (Å²) in [6.07, 6.45) is 0. The van der Waals surface area contributed by atoms with Gasteiger partial charge in [-0.15, -0.1) is 5.10 Å². The minimum absolute atomic E-state index is 0.0678. The molecule has 4 aromatic rings. The Morgan fingerprint density at radius 3 is 2.53 bits per heavy atom. The Labute approximate surface area is 210 Å². The third kappa shape index (κ3) is 5.28. The number of ether oxygens (including phenoxy) is 1. The summed E-state index contributed by atoms with van der Waals surface area (Å²) in [7, 11) is 1.58. The molecule has 0 unspecified atom stereocenters. The first-order valence-electron chi connectivity index (χ1n) is 11.9. The number of nitrogens with zero attached hydrogens (tertiary/aromatic N) is 4. The van der Waals surface area contributed by atoms with Gasteiger partial charge < -0.3 is 10.1 Å². The number of carbonyl (C=O) groups excluding carboxylic acids is 2. The van der Waals surface area contributed by atoms with Crippen molar-refractivity contribution >= 4 is 28.5 Å². The van der Waals surface area contributed by atoms with E-state index in [4.69, 9.17) is 4.74 Å². The fourth-order valence-electron chi connectivity index (χ4n) is 4.30. The summed E-state index contributed by atoms with van der Waals surface area (Å²) in [4.78, 5) is 29.4. The van der Waals surface area contributed by atoms with Crippen LogP contribution in [-0.4, -0.2) is 47.1 Å². The lowest BCUT2D eigenvalue weighted by Gasteiger charge is -2.33. The molecule has 0 aliphatic carbocycles. The molecule has 1 heterocycles. The topological polar surface area (TPSA) is 89.4 Å². The van der Waals surface area contributed by atoms with Gasteiger partial charge >= 0.3 is 0 Å². The van der Waals surface area contributed by atoms with Gasteiger partial charge in [0.15, 0.2) is 0 Å². The Bertz CT molecular complexity index is 1380. The molecule has 0 aliphatic rings. The van der Waals surface area contributed by atoms with Crippen molar-refractivity contribution in [1.29, 1.82) is 0 Å². The number of nitrogens with one attached hydrogen (secondary N) is 1. The van der Waals surface area contributed by atoms with E-state index >= 15 is 0 Å². The van der Waals surface area contributed by atoms with Gasteiger partial charge in [-0.1, -0.05) is 53.7 Å². The van der Waals surface area contributed by atoms with Crippen molar-refractivity contribution in [3.05, 3.63) is 89.0 Å². The van der Waals surface area contributed by atoms with E-state index in [1.165, 1.54) is 0 Å². The Kier molecular flexibility index (Phi) is 7.75. The summed E-state index contributed by atoms with van der Waals surface area (Å²) in [6.45, 7) is 6.49. The number of methoxy groups -OCH3 is 1. The van der Waals surface area contributed by atoms with Crippen LogP contribution in [-0.2, 0) is 20.9 Å². The fourth-order valence-corrected chi connectivity index (χ4v) is 4.30. The molecule has 4 rings (SSSR count). The maximum Gasteiger partial charge on any atom is 0.249 e. The lowest BCUT2D eigenvalue weighted by atomic mass is 9.97. The highest BCUT2D eigenvalue weighted by atomic mass is 16.5. The van der Waals surface area contributed by atoms with Crippen LogP contribution in [0.5, 0.6) is 0 Å². The van der Waals surface area contributed by atoms with Gasteiger partial charge in [0.25, 0.3) is 0 Å². The molecule has 0 saturated heterocycles. The van der Waals surface area contributed by atoms with E-state index in [1.807, 2.05) is 87.5 Å². The van der Waals surface area contributed by atoms with Gasteiger partial charge in [0, 0.05) is 19.3 Å². The first-order chi connectivity index (χ1) is 17.4. The van der Waals surface area contributed by atoms with Gasteiger partial charge in [0.1, 0.15) is 18.1 Å². The maximum atomic E-state index is 14.1. The molecule has 8 nitrogen and oxygen atoms in total. The van der Waals surface area contributed by atoms with Crippen LogP contribution in [0.15, 0.2) is 66.7 Å². The number of hydrogen-bond donors (Lipinski definition) is 1. The van der Waals surface area contributed by atoms with Crippen LogP contribution in [0.4, 0.5) is 5.69 Å². The zero-order valence-electron chi connectivity index (χ0n) is 21.1. The summed E-state index contributed by atoms with van der Waals surface area (Å²) in [5.74, 6) is -0.548. The molecule has 0 radical (unpaired) electrons. The van der Waals surface area contributed by atoms with Crippen LogP contribution in [0, 0.1) is 20.8 Å². The molecule has 0 bridgehead atoms. The Hall–Kier alpha value is -4.04. The fraction of sp³-hybridized carbons (Fsp3) is 0.286. The van der Waals surface area contributed by atoms with Crippen molar-refractivity contribution in [3.8, 4) is 0 Å². The minimum atomic E-state index is -0.883. The quantitative estimate of drug-likeness (QED) is 0.363. The van der Waals surface area contributed by atoms with Crippen LogP contribution >= 0.6 is 0 Å². The van der Waals surface area contributed by atoms with E-state index in [1.54, 1.807) is 16.7 Å². The molecule has 3 aromatic carbocycles. The van der Waals surface area contributed by atoms with Crippen molar-refractivity contribution in [3.63, 3.8) is 0 Å². The van der Waals surface area contributed by atoms with Gasteiger partial charge in [-0.05, 0) is 61.2 Å². The number of anilines is 1. The van der Waals surface area contributed by atoms with Crippen molar-refractivity contribution in [2.45, 2.75) is 33.4 Å². The normalized spacial score (nSPS) is 11.9. The Morgan fingerprint density at radius 1 is 1.00 bits per heavy atom. The molecule has 1 atom stereocenters. The number of hydrogen-bond acceptors (Lipinski definition) is 5. The summed E-state index contributed by atoms with van der Waals surface area (Å²) in [5.41, 5.74) is 5.69. The van der Waals surface area contributed by atoms with Crippen molar-refractivity contribution in [2.24, 2.45) is 0 Å². The number of fused-ring (bicyclic) bond motifs is 1. The average molecular weight is 486 g/mol. The second-order valence-corrected chi connectivity index (χ2v) is 8.83. The van der Waals surface area contributed by atoms with E-state index in [2.05, 4.69) is 15.6 Å². The van der Waals surface area contributed by atoms with Gasteiger partial charge in [-0.3, -0.25) is 14.5 Å². The van der Waals surface area contributed by atoms with Crippen molar-refractivity contribution < 1.29 is 14.3 Å². The predicted molar refractivity (Wildman–Crippen MR) is 140 cm³/mol. The Morgan fingerprint density at radius 2 is 1.75 bits per heavy atom. The van der Waals surface area contributed by atoms with E-state index in [9.17, 15) is 9.59 Å². The lowest BCUT2D eigenvalue weighted by Crippen LogP contribution is -2.46. The second kappa shape index (κ2) is 11.1. The molecular weight excluding hydrogens is 454 g/mol. The molecule has 0 fully saturated rings. The molecule has 36 heavy (non-hydrogen) atoms. The van der Waals surface area contributed by atoms with Gasteiger partial charge in [0.2, 0.25) is 11.8 Å². The molecular formula is C28H31N5O3. The highest BCUT2D eigenvalue weighted by molar-refractivity contribution is 6.02. The van der Waals surface area contributed by atoms with E-state index < -0.39 is 6.04 Å². The van der Waals surface area contributed by atoms with Gasteiger partial charge in [-0.25, -0.2) is 4.68 Å². The molecule has 1 N–H and O–H groups in total. The molecule has 1 aromatic heterocycles. The number of rotatable bonds is 9. The zero-order valence-corrected chi connectivity index (χ0v) is 21.1. The highest BCUT2D eigenvalue weighted by Gasteiger charge is 2.34. The molecule has 8 heteroatoms. The van der Waals surface area contributed by atoms with Gasteiger partial charge in [0.05, 0.1) is 12.1 Å². The third-order valence-electron chi connectivity index (χ3n) is 6.19. The first kappa shape index (κ1) is 25.1. The first-order valence-corrected chi connectivity index (χ1v) is 11.9. The SMILES string of the molecule is COCCNC(=O)[C@H](c1ccccc1C)N(C(=O)Cn1nnc2ccccc21)c1cc(C)ccc1C. The van der Waals surface area contributed by atoms with Crippen molar-refractivity contribution in [2.75, 3.05) is 25.2 Å². The summed E-state index contributed by atoms with van der Waals surface area (Å²) in [6, 6.07) is 20.2. The second-order valence-electron chi connectivity index (χ2n) is 8.83. The number of amides is 2. The van der Waals surface area contributed by atoms with Crippen LogP contribution < -0.4 is 10.2 Å². The highest BCUT2D eigenvalue weighted by Crippen LogP contribution is 2.33. The number of carbonyl (C=O) groups is 2. The summed E-state index contributed by atoms with van der Waals surface area (Å²) >= 11 is 0. The Balaban J connectivity index is 1.83. The molecule has 0 saturated carbocycles. The summed E-state index contributed by atoms with van der Waals surface area (Å²) in [5, 5.41) is 11.3. The zero-order chi connectivity index (χ0) is 25.7. The number of benzene rings is 3. The monoisotopic (exact) mass is 485 g/mol. The van der Waals surface area contributed by atoms with Crippen LogP contribution in [0.2, 0.25) is 0 Å². The van der Waals surface area contributed by atoms with Crippen molar-refractivity contribution in [1.82, 2.24) is 20.3 Å². The standard InChI is InChI=1S/C28H31N5O3/c1-19-13-14-21(3)25(17-19)33(26(34)18-32-24-12-8-7-11-23(24)30-31-32)27(28(35)29-15-16-36-4)22-10-6-5-9-20(22)2/h5-14,17,27H,15-16,18H2,1-4H3,(H,29,35)/t27-/m0/s1. The van der Waals surface area contributed by atoms with Crippen LogP contribution in [0.3, 0.4) is 0 Å². The number of aryl methyl sites for hydroxylation is 3. The molecule has 186 valence electrons. The molecule has 0 aliphatic heterocycles. The third-order valence-corrected chi connectivity index (χ3v) is 6.19. The van der Waals surface area contributed by atoms with Crippen LogP contribution in [0.1, 0.15) is 28.3 Å². The maximum absolute atomic E-state index is 14.1. The van der Waals surface area contributed by atoms with E-state index in [0.717, 1.165) is 27.8 Å². The van der Waals surface area contributed by atoms with E-state index in [0.29, 0.717) is 24.4 Å². The van der Waals surface area contributed by atoms with E-state index in [-0.39, 0.29) is 18.4 Å². The summed E-state index contributed by atoms with van der Waals surface area (Å²) < 4.78 is 6.70. The minimum Gasteiger partial charge on any atom is -0.383 e. The van der Waals surface area contributed by atoms with Crippen LogP contribution in [0.25, 0.3) is 11.0 Å². The van der Waals surface area contributed by atoms with Gasteiger partial charge in [-0.2, -0.15) is 0 Å². The smallest absolute Gasteiger partial charge is 0.249 e. The predicted octanol–water partition coefficient (Wildman–Crippen LogP) is 3.89. The lowest BCUT2D eigenvalue weighted by molar-refractivity contribution is -0.127. The largest absolute Gasteiger partial charge is 0.383 e. The molecule has 0 spiro atoms. The average Bonchev–Trinajstić information content (AvgIpc) is 3.27. The number of aromatic nitrogens is 3. The number of para-hydroxylation sites is 1. The molecule has 2 amide bonds.